The fourth-order valence-corrected chi connectivity index (χ4v) is 2.87. The first-order valence-corrected chi connectivity index (χ1v) is 7.09. The second kappa shape index (κ2) is 5.34. The number of nitrogens with one attached hydrogen (secondary N) is 1. The molecule has 20 heavy (non-hydrogen) atoms. The molecule has 0 aliphatic rings. The quantitative estimate of drug-likeness (QED) is 0.939. The minimum atomic E-state index is -4.59. The molecule has 0 spiro atoms. The fourth-order valence-electron chi connectivity index (χ4n) is 1.51. The topological polar surface area (TPSA) is 46.2 Å². The first-order chi connectivity index (χ1) is 9.31. The molecule has 0 aliphatic heterocycles. The predicted octanol–water partition coefficient (Wildman–Crippen LogP) is 3.56. The number of hydrogen-bond donors (Lipinski definition) is 1. The summed E-state index contributed by atoms with van der Waals surface area (Å²) >= 11 is 5.52. The Morgan fingerprint density at radius 1 is 0.950 bits per heavy atom. The number of hydrogen-bond acceptors (Lipinski definition) is 2. The van der Waals surface area contributed by atoms with Crippen LogP contribution in [0.4, 0.5) is 18.9 Å². The first kappa shape index (κ1) is 14.7. The molecular formula is C12H7ClF3NO2S. The molecular weight excluding hydrogens is 315 g/mol. The van der Waals surface area contributed by atoms with Gasteiger partial charge in [-0.15, -0.1) is 0 Å². The largest absolute Gasteiger partial charge is 0.276 e. The zero-order valence-electron chi connectivity index (χ0n) is 9.70. The average Bonchev–Trinajstić information content (AvgIpc) is 2.32. The van der Waals surface area contributed by atoms with Gasteiger partial charge in [0.2, 0.25) is 0 Å². The Balaban J connectivity index is 2.46. The Hall–Kier alpha value is -1.73. The van der Waals surface area contributed by atoms with E-state index in [0.29, 0.717) is 0 Å². The number of sulfonamides is 1. The van der Waals surface area contributed by atoms with E-state index >= 15 is 0 Å². The van der Waals surface area contributed by atoms with Crippen molar-refractivity contribution in [1.82, 2.24) is 0 Å². The lowest BCUT2D eigenvalue weighted by molar-refractivity contribution is 0.521. The van der Waals surface area contributed by atoms with Gasteiger partial charge in [-0.3, -0.25) is 4.72 Å². The van der Waals surface area contributed by atoms with E-state index in [4.69, 9.17) is 11.6 Å². The van der Waals surface area contributed by atoms with Crippen molar-refractivity contribution in [3.8, 4) is 0 Å². The molecule has 0 bridgehead atoms. The zero-order chi connectivity index (χ0) is 14.9. The SMILES string of the molecule is O=S(=O)(Nc1ccc(Cl)cc1F)c1c(F)cccc1F. The third kappa shape index (κ3) is 2.88. The molecule has 0 unspecified atom stereocenters. The summed E-state index contributed by atoms with van der Waals surface area (Å²) in [5, 5.41) is 0.0579. The molecule has 0 radical (unpaired) electrons. The van der Waals surface area contributed by atoms with Crippen molar-refractivity contribution in [3.63, 3.8) is 0 Å². The Morgan fingerprint density at radius 3 is 2.10 bits per heavy atom. The van der Waals surface area contributed by atoms with Crippen molar-refractivity contribution in [2.75, 3.05) is 4.72 Å². The second-order valence-electron chi connectivity index (χ2n) is 3.78. The molecule has 0 heterocycles. The highest BCUT2D eigenvalue weighted by molar-refractivity contribution is 7.92. The molecule has 0 fully saturated rings. The molecule has 0 saturated heterocycles. The lowest BCUT2D eigenvalue weighted by Crippen LogP contribution is -2.17. The van der Waals surface area contributed by atoms with Crippen LogP contribution in [0.3, 0.4) is 0 Å². The summed E-state index contributed by atoms with van der Waals surface area (Å²) in [5.74, 6) is -3.50. The van der Waals surface area contributed by atoms with Gasteiger partial charge in [0.15, 0.2) is 4.90 Å². The fraction of sp³-hybridized carbons (Fsp3) is 0. The van der Waals surface area contributed by atoms with Gasteiger partial charge in [-0.05, 0) is 30.3 Å². The third-order valence-electron chi connectivity index (χ3n) is 2.36. The third-order valence-corrected chi connectivity index (χ3v) is 4.01. The van der Waals surface area contributed by atoms with Crippen molar-refractivity contribution < 1.29 is 21.6 Å². The van der Waals surface area contributed by atoms with Crippen LogP contribution in [0.1, 0.15) is 0 Å². The molecule has 1 N–H and O–H groups in total. The van der Waals surface area contributed by atoms with Gasteiger partial charge in [-0.25, -0.2) is 21.6 Å². The number of halogens is 4. The highest BCUT2D eigenvalue weighted by Crippen LogP contribution is 2.24. The molecule has 0 aromatic heterocycles. The summed E-state index contributed by atoms with van der Waals surface area (Å²) < 4.78 is 65.9. The van der Waals surface area contributed by atoms with Gasteiger partial charge in [0.25, 0.3) is 10.0 Å². The Labute approximate surface area is 118 Å². The van der Waals surface area contributed by atoms with E-state index in [1.165, 1.54) is 6.07 Å². The highest BCUT2D eigenvalue weighted by atomic mass is 35.5. The van der Waals surface area contributed by atoms with Crippen molar-refractivity contribution in [3.05, 3.63) is 58.9 Å². The molecule has 2 rings (SSSR count). The van der Waals surface area contributed by atoms with Crippen LogP contribution < -0.4 is 4.72 Å². The van der Waals surface area contributed by atoms with Gasteiger partial charge in [0.1, 0.15) is 17.5 Å². The normalized spacial score (nSPS) is 11.4. The van der Waals surface area contributed by atoms with E-state index in [2.05, 4.69) is 0 Å². The maximum atomic E-state index is 13.5. The maximum absolute atomic E-state index is 13.5. The summed E-state index contributed by atoms with van der Waals surface area (Å²) in [6.45, 7) is 0. The Morgan fingerprint density at radius 2 is 1.55 bits per heavy atom. The predicted molar refractivity (Wildman–Crippen MR) is 68.6 cm³/mol. The minimum Gasteiger partial charge on any atom is -0.276 e. The van der Waals surface area contributed by atoms with E-state index in [0.717, 1.165) is 30.3 Å². The maximum Gasteiger partial charge on any atom is 0.267 e. The smallest absolute Gasteiger partial charge is 0.267 e. The monoisotopic (exact) mass is 321 g/mol. The lowest BCUT2D eigenvalue weighted by Gasteiger charge is -2.10. The standard InChI is InChI=1S/C12H7ClF3NO2S/c13-7-4-5-11(10(16)6-7)17-20(18,19)12-8(14)2-1-3-9(12)15/h1-6,17H. The molecule has 3 nitrogen and oxygen atoms in total. The van der Waals surface area contributed by atoms with E-state index in [1.807, 2.05) is 0 Å². The van der Waals surface area contributed by atoms with Gasteiger partial charge >= 0.3 is 0 Å². The summed E-state index contributed by atoms with van der Waals surface area (Å²) in [6.07, 6.45) is 0. The van der Waals surface area contributed by atoms with Crippen LogP contribution in [-0.4, -0.2) is 8.42 Å². The second-order valence-corrected chi connectivity index (χ2v) is 5.84. The van der Waals surface area contributed by atoms with Crippen LogP contribution in [0.25, 0.3) is 0 Å². The minimum absolute atomic E-state index is 0.0579. The first-order valence-electron chi connectivity index (χ1n) is 5.23. The number of anilines is 1. The van der Waals surface area contributed by atoms with E-state index < -0.39 is 38.1 Å². The Bertz CT molecular complexity index is 745. The number of benzene rings is 2. The lowest BCUT2D eigenvalue weighted by atomic mass is 10.3. The summed E-state index contributed by atoms with van der Waals surface area (Å²) in [4.78, 5) is -1.17. The van der Waals surface area contributed by atoms with Crippen LogP contribution in [0, 0.1) is 17.5 Å². The summed E-state index contributed by atoms with van der Waals surface area (Å²) in [7, 11) is -4.59. The molecule has 2 aromatic rings. The summed E-state index contributed by atoms with van der Waals surface area (Å²) in [6, 6.07) is 5.75. The molecule has 0 amide bonds. The van der Waals surface area contributed by atoms with E-state index in [-0.39, 0.29) is 5.02 Å². The van der Waals surface area contributed by atoms with E-state index in [1.54, 1.807) is 4.72 Å². The number of rotatable bonds is 3. The van der Waals surface area contributed by atoms with Gasteiger partial charge in [-0.1, -0.05) is 17.7 Å². The van der Waals surface area contributed by atoms with Crippen molar-refractivity contribution in [1.29, 1.82) is 0 Å². The van der Waals surface area contributed by atoms with E-state index in [9.17, 15) is 21.6 Å². The van der Waals surface area contributed by atoms with Crippen LogP contribution in [0.15, 0.2) is 41.3 Å². The Kier molecular flexibility index (Phi) is 3.92. The molecule has 0 saturated carbocycles. The molecule has 2 aromatic carbocycles. The summed E-state index contributed by atoms with van der Waals surface area (Å²) in [5.41, 5.74) is -0.461. The zero-order valence-corrected chi connectivity index (χ0v) is 11.3. The highest BCUT2D eigenvalue weighted by Gasteiger charge is 2.24. The molecule has 106 valence electrons. The van der Waals surface area contributed by atoms with Crippen molar-refractivity contribution >= 4 is 27.3 Å². The van der Waals surface area contributed by atoms with Crippen LogP contribution in [0.5, 0.6) is 0 Å². The van der Waals surface area contributed by atoms with Crippen LogP contribution in [-0.2, 0) is 10.0 Å². The van der Waals surface area contributed by atoms with Crippen LogP contribution >= 0.6 is 11.6 Å². The van der Waals surface area contributed by atoms with Gasteiger partial charge < -0.3 is 0 Å². The average molecular weight is 322 g/mol. The van der Waals surface area contributed by atoms with Crippen molar-refractivity contribution in [2.45, 2.75) is 4.90 Å². The van der Waals surface area contributed by atoms with Gasteiger partial charge in [0.05, 0.1) is 5.69 Å². The van der Waals surface area contributed by atoms with Crippen molar-refractivity contribution in [2.24, 2.45) is 0 Å². The molecule has 0 atom stereocenters. The van der Waals surface area contributed by atoms with Gasteiger partial charge in [-0.2, -0.15) is 0 Å². The van der Waals surface area contributed by atoms with Crippen LogP contribution in [0.2, 0.25) is 5.02 Å². The molecule has 0 aliphatic carbocycles. The molecule has 8 heteroatoms. The van der Waals surface area contributed by atoms with Gasteiger partial charge in [0, 0.05) is 5.02 Å².